The van der Waals surface area contributed by atoms with Crippen molar-refractivity contribution in [3.63, 3.8) is 0 Å². The molecule has 132 valence electrons. The second kappa shape index (κ2) is 7.79. The number of benzene rings is 1. The first-order valence-corrected chi connectivity index (χ1v) is 10.0. The Kier molecular flexibility index (Phi) is 5.72. The molecular weight excluding hydrogens is 320 g/mol. The number of piperidine rings is 1. The van der Waals surface area contributed by atoms with E-state index in [1.807, 2.05) is 40.9 Å². The lowest BCUT2D eigenvalue weighted by molar-refractivity contribution is 0.0756. The second-order valence-electron chi connectivity index (χ2n) is 7.17. The second-order valence-corrected chi connectivity index (χ2v) is 8.52. The van der Waals surface area contributed by atoms with Crippen molar-refractivity contribution in [2.45, 2.75) is 38.0 Å². The molecule has 3 rings (SSSR count). The molecule has 0 bridgehead atoms. The van der Waals surface area contributed by atoms with E-state index in [2.05, 4.69) is 18.7 Å². The van der Waals surface area contributed by atoms with Crippen molar-refractivity contribution < 1.29 is 9.90 Å². The van der Waals surface area contributed by atoms with E-state index >= 15 is 0 Å². The van der Waals surface area contributed by atoms with Gasteiger partial charge in [-0.3, -0.25) is 4.79 Å². The molecule has 2 aliphatic heterocycles. The number of hydrogen-bond donors (Lipinski definition) is 1. The van der Waals surface area contributed by atoms with Crippen molar-refractivity contribution in [1.29, 1.82) is 0 Å². The minimum Gasteiger partial charge on any atom is -0.393 e. The van der Waals surface area contributed by atoms with Gasteiger partial charge < -0.3 is 14.9 Å². The summed E-state index contributed by atoms with van der Waals surface area (Å²) in [7, 11) is 0. The van der Waals surface area contributed by atoms with Gasteiger partial charge in [-0.05, 0) is 43.0 Å². The van der Waals surface area contributed by atoms with Crippen LogP contribution in [0.25, 0.3) is 0 Å². The topological polar surface area (TPSA) is 43.8 Å². The van der Waals surface area contributed by atoms with E-state index in [0.29, 0.717) is 11.2 Å². The number of carbonyl (C=O) groups is 1. The molecule has 0 radical (unpaired) electrons. The minimum atomic E-state index is -0.159. The van der Waals surface area contributed by atoms with Gasteiger partial charge in [-0.1, -0.05) is 13.8 Å². The standard InChI is InChI=1S/C19H28N2O2S/c1-14(2)18-13-21(11-12-24-18)19(23)15-3-5-16(6-4-15)20-9-7-17(22)8-10-20/h3-6,14,17-18,22H,7-13H2,1-2H3. The van der Waals surface area contributed by atoms with E-state index in [1.165, 1.54) is 0 Å². The summed E-state index contributed by atoms with van der Waals surface area (Å²) in [5.41, 5.74) is 1.93. The molecule has 1 unspecified atom stereocenters. The SMILES string of the molecule is CC(C)C1CN(C(=O)c2ccc(N3CCC(O)CC3)cc2)CCS1. The highest BCUT2D eigenvalue weighted by Gasteiger charge is 2.26. The summed E-state index contributed by atoms with van der Waals surface area (Å²) in [6.45, 7) is 7.93. The van der Waals surface area contributed by atoms with Gasteiger partial charge in [0.05, 0.1) is 6.10 Å². The van der Waals surface area contributed by atoms with E-state index in [-0.39, 0.29) is 12.0 Å². The maximum absolute atomic E-state index is 12.8. The molecule has 0 aromatic heterocycles. The first-order chi connectivity index (χ1) is 11.5. The highest BCUT2D eigenvalue weighted by Crippen LogP contribution is 2.26. The van der Waals surface area contributed by atoms with Gasteiger partial charge >= 0.3 is 0 Å². The van der Waals surface area contributed by atoms with Crippen LogP contribution in [0.3, 0.4) is 0 Å². The minimum absolute atomic E-state index is 0.154. The molecule has 1 amide bonds. The molecule has 1 aromatic carbocycles. The van der Waals surface area contributed by atoms with Gasteiger partial charge in [-0.15, -0.1) is 0 Å². The van der Waals surface area contributed by atoms with Crippen molar-refractivity contribution >= 4 is 23.4 Å². The highest BCUT2D eigenvalue weighted by molar-refractivity contribution is 8.00. The molecule has 0 saturated carbocycles. The first-order valence-electron chi connectivity index (χ1n) is 8.98. The van der Waals surface area contributed by atoms with Crippen molar-refractivity contribution in [2.24, 2.45) is 5.92 Å². The van der Waals surface area contributed by atoms with Crippen LogP contribution in [0, 0.1) is 5.92 Å². The number of rotatable bonds is 3. The van der Waals surface area contributed by atoms with Gasteiger partial charge in [0.2, 0.25) is 0 Å². The lowest BCUT2D eigenvalue weighted by Gasteiger charge is -2.34. The fraction of sp³-hybridized carbons (Fsp3) is 0.632. The highest BCUT2D eigenvalue weighted by atomic mass is 32.2. The number of aliphatic hydroxyl groups is 1. The molecule has 2 saturated heterocycles. The Hall–Kier alpha value is -1.20. The maximum Gasteiger partial charge on any atom is 0.253 e. The quantitative estimate of drug-likeness (QED) is 0.912. The van der Waals surface area contributed by atoms with Gasteiger partial charge in [0.25, 0.3) is 5.91 Å². The van der Waals surface area contributed by atoms with Gasteiger partial charge in [-0.2, -0.15) is 11.8 Å². The molecule has 24 heavy (non-hydrogen) atoms. The predicted octanol–water partition coefficient (Wildman–Crippen LogP) is 2.86. The average molecular weight is 349 g/mol. The van der Waals surface area contributed by atoms with Gasteiger partial charge in [0.15, 0.2) is 0 Å². The van der Waals surface area contributed by atoms with E-state index in [0.717, 1.165) is 56.0 Å². The predicted molar refractivity (Wildman–Crippen MR) is 101 cm³/mol. The van der Waals surface area contributed by atoms with Crippen LogP contribution in [0.15, 0.2) is 24.3 Å². The Morgan fingerprint density at radius 1 is 1.17 bits per heavy atom. The first kappa shape index (κ1) is 17.6. The zero-order valence-corrected chi connectivity index (χ0v) is 15.5. The van der Waals surface area contributed by atoms with Crippen LogP contribution in [0.2, 0.25) is 0 Å². The third-order valence-corrected chi connectivity index (χ3v) is 6.61. The van der Waals surface area contributed by atoms with Crippen LogP contribution in [0.5, 0.6) is 0 Å². The zero-order chi connectivity index (χ0) is 17.1. The fourth-order valence-corrected chi connectivity index (χ4v) is 4.68. The van der Waals surface area contributed by atoms with Crippen molar-refractivity contribution in [3.8, 4) is 0 Å². The summed E-state index contributed by atoms with van der Waals surface area (Å²) in [4.78, 5) is 17.1. The van der Waals surface area contributed by atoms with Crippen molar-refractivity contribution in [2.75, 3.05) is 36.8 Å². The normalized spacial score (nSPS) is 22.9. The van der Waals surface area contributed by atoms with E-state index in [9.17, 15) is 9.90 Å². The third kappa shape index (κ3) is 4.06. The van der Waals surface area contributed by atoms with Crippen LogP contribution in [0.1, 0.15) is 37.0 Å². The molecule has 4 nitrogen and oxygen atoms in total. The lowest BCUT2D eigenvalue weighted by atomic mass is 10.1. The van der Waals surface area contributed by atoms with E-state index < -0.39 is 0 Å². The monoisotopic (exact) mass is 348 g/mol. The number of nitrogens with zero attached hydrogens (tertiary/aromatic N) is 2. The molecule has 2 aliphatic rings. The molecule has 1 atom stereocenters. The largest absolute Gasteiger partial charge is 0.393 e. The maximum atomic E-state index is 12.8. The molecule has 5 heteroatoms. The molecule has 2 heterocycles. The molecule has 2 fully saturated rings. The molecule has 1 N–H and O–H groups in total. The summed E-state index contributed by atoms with van der Waals surface area (Å²) in [6.07, 6.45) is 1.48. The summed E-state index contributed by atoms with van der Waals surface area (Å²) in [6, 6.07) is 8.00. The summed E-state index contributed by atoms with van der Waals surface area (Å²) in [5.74, 6) is 1.78. The average Bonchev–Trinajstić information content (AvgIpc) is 2.62. The third-order valence-electron chi connectivity index (χ3n) is 5.07. The fourth-order valence-electron chi connectivity index (χ4n) is 3.38. The van der Waals surface area contributed by atoms with E-state index in [1.54, 1.807) is 0 Å². The number of aliphatic hydroxyl groups excluding tert-OH is 1. The number of carbonyl (C=O) groups excluding carboxylic acids is 1. The van der Waals surface area contributed by atoms with Crippen LogP contribution in [-0.4, -0.2) is 59.2 Å². The van der Waals surface area contributed by atoms with Crippen molar-refractivity contribution in [1.82, 2.24) is 4.90 Å². The van der Waals surface area contributed by atoms with E-state index in [4.69, 9.17) is 0 Å². The molecule has 0 aliphatic carbocycles. The van der Waals surface area contributed by atoms with Gasteiger partial charge in [0.1, 0.15) is 0 Å². The van der Waals surface area contributed by atoms with Crippen molar-refractivity contribution in [3.05, 3.63) is 29.8 Å². The summed E-state index contributed by atoms with van der Waals surface area (Å²) < 4.78 is 0. The lowest BCUT2D eigenvalue weighted by Crippen LogP contribution is -2.43. The van der Waals surface area contributed by atoms with Crippen LogP contribution >= 0.6 is 11.8 Å². The number of thioether (sulfide) groups is 1. The Morgan fingerprint density at radius 2 is 1.83 bits per heavy atom. The van der Waals surface area contributed by atoms with Crippen LogP contribution in [-0.2, 0) is 0 Å². The van der Waals surface area contributed by atoms with Gasteiger partial charge in [-0.25, -0.2) is 0 Å². The summed E-state index contributed by atoms with van der Waals surface area (Å²) in [5, 5.41) is 10.2. The number of anilines is 1. The molecular formula is C19H28N2O2S. The smallest absolute Gasteiger partial charge is 0.253 e. The molecule has 1 aromatic rings. The Balaban J connectivity index is 1.63. The number of amides is 1. The Bertz CT molecular complexity index is 553. The number of hydrogen-bond acceptors (Lipinski definition) is 4. The van der Waals surface area contributed by atoms with Gasteiger partial charge in [0, 0.05) is 48.4 Å². The van der Waals surface area contributed by atoms with Crippen LogP contribution < -0.4 is 4.90 Å². The summed E-state index contributed by atoms with van der Waals surface area (Å²) >= 11 is 1.99. The van der Waals surface area contributed by atoms with Crippen LogP contribution in [0.4, 0.5) is 5.69 Å². The zero-order valence-electron chi connectivity index (χ0n) is 14.6. The molecule has 0 spiro atoms. The Morgan fingerprint density at radius 3 is 2.46 bits per heavy atom. The Labute approximate surface area is 149 Å².